The molecule has 8 nitrogen and oxygen atoms in total. The SMILES string of the molecule is CCN(NC(=O)OC(C)(C)C)C(=O)NCc1ccc(-c2cccc(F)c2C(=O)OC)cc1F. The van der Waals surface area contributed by atoms with Crippen molar-refractivity contribution in [1.29, 1.82) is 0 Å². The molecule has 0 atom stereocenters. The highest BCUT2D eigenvalue weighted by Crippen LogP contribution is 2.28. The molecule has 0 fully saturated rings. The lowest BCUT2D eigenvalue weighted by Gasteiger charge is -2.25. The van der Waals surface area contributed by atoms with E-state index >= 15 is 0 Å². The number of rotatable bonds is 5. The lowest BCUT2D eigenvalue weighted by molar-refractivity contribution is 0.0383. The van der Waals surface area contributed by atoms with Crippen molar-refractivity contribution >= 4 is 18.1 Å². The molecule has 2 aromatic rings. The van der Waals surface area contributed by atoms with Gasteiger partial charge in [0.25, 0.3) is 0 Å². The van der Waals surface area contributed by atoms with Crippen molar-refractivity contribution in [3.63, 3.8) is 0 Å². The average molecular weight is 463 g/mol. The van der Waals surface area contributed by atoms with Gasteiger partial charge in [0, 0.05) is 18.7 Å². The number of methoxy groups -OCH3 is 1. The molecule has 2 aromatic carbocycles. The van der Waals surface area contributed by atoms with Crippen molar-refractivity contribution in [1.82, 2.24) is 15.8 Å². The van der Waals surface area contributed by atoms with Gasteiger partial charge in [0.1, 0.15) is 22.8 Å². The second-order valence-corrected chi connectivity index (χ2v) is 7.98. The number of nitrogens with one attached hydrogen (secondary N) is 2. The molecule has 0 radical (unpaired) electrons. The zero-order valence-electron chi connectivity index (χ0n) is 19.1. The van der Waals surface area contributed by atoms with E-state index in [-0.39, 0.29) is 35.3 Å². The molecule has 33 heavy (non-hydrogen) atoms. The van der Waals surface area contributed by atoms with E-state index in [2.05, 4.69) is 15.5 Å². The Morgan fingerprint density at radius 3 is 2.33 bits per heavy atom. The van der Waals surface area contributed by atoms with Gasteiger partial charge in [-0.25, -0.2) is 33.6 Å². The highest BCUT2D eigenvalue weighted by molar-refractivity contribution is 5.97. The van der Waals surface area contributed by atoms with Gasteiger partial charge in [-0.05, 0) is 51.0 Å². The first-order chi connectivity index (χ1) is 15.5. The van der Waals surface area contributed by atoms with E-state index in [0.29, 0.717) is 0 Å². The fourth-order valence-corrected chi connectivity index (χ4v) is 2.88. The number of amides is 3. The van der Waals surface area contributed by atoms with Crippen molar-refractivity contribution in [2.45, 2.75) is 39.8 Å². The topological polar surface area (TPSA) is 97.0 Å². The van der Waals surface area contributed by atoms with E-state index in [9.17, 15) is 23.2 Å². The summed E-state index contributed by atoms with van der Waals surface area (Å²) in [6.07, 6.45) is -0.800. The molecule has 0 aliphatic heterocycles. The molecular formula is C23H27F2N3O5. The van der Waals surface area contributed by atoms with Crippen LogP contribution in [-0.4, -0.2) is 42.4 Å². The highest BCUT2D eigenvalue weighted by atomic mass is 19.1. The van der Waals surface area contributed by atoms with Gasteiger partial charge in [-0.3, -0.25) is 0 Å². The third-order valence-corrected chi connectivity index (χ3v) is 4.38. The van der Waals surface area contributed by atoms with Crippen LogP contribution in [0.4, 0.5) is 18.4 Å². The number of hydrogen-bond acceptors (Lipinski definition) is 5. The van der Waals surface area contributed by atoms with Crippen LogP contribution in [0.15, 0.2) is 36.4 Å². The summed E-state index contributed by atoms with van der Waals surface area (Å²) in [6.45, 7) is 6.67. The lowest BCUT2D eigenvalue weighted by atomic mass is 9.98. The van der Waals surface area contributed by atoms with E-state index in [0.717, 1.165) is 24.3 Å². The Morgan fingerprint density at radius 2 is 1.76 bits per heavy atom. The second kappa shape index (κ2) is 10.8. The van der Waals surface area contributed by atoms with E-state index in [1.54, 1.807) is 27.7 Å². The molecule has 10 heteroatoms. The standard InChI is InChI=1S/C23H27F2N3O5/c1-6-28(27-22(31)33-23(2,3)4)21(30)26-13-15-11-10-14(12-18(15)25)16-8-7-9-17(24)19(16)20(29)32-5/h7-12H,6,13H2,1-5H3,(H,26,30)(H,27,31). The molecule has 0 spiro atoms. The van der Waals surface area contributed by atoms with Crippen LogP contribution in [-0.2, 0) is 16.0 Å². The summed E-state index contributed by atoms with van der Waals surface area (Å²) in [5, 5.41) is 3.50. The van der Waals surface area contributed by atoms with Gasteiger partial charge >= 0.3 is 18.1 Å². The number of ether oxygens (including phenoxy) is 2. The Labute approximate surface area is 190 Å². The predicted octanol–water partition coefficient (Wildman–Crippen LogP) is 4.39. The van der Waals surface area contributed by atoms with Crippen LogP contribution < -0.4 is 10.7 Å². The molecule has 0 heterocycles. The summed E-state index contributed by atoms with van der Waals surface area (Å²) in [6, 6.07) is 7.38. The monoisotopic (exact) mass is 463 g/mol. The molecule has 0 saturated heterocycles. The first kappa shape index (κ1) is 25.6. The Kier molecular flexibility index (Phi) is 8.33. The van der Waals surface area contributed by atoms with Gasteiger partial charge in [-0.2, -0.15) is 0 Å². The zero-order chi connectivity index (χ0) is 24.8. The number of halogens is 2. The van der Waals surface area contributed by atoms with Crippen molar-refractivity contribution in [3.05, 3.63) is 59.2 Å². The summed E-state index contributed by atoms with van der Waals surface area (Å²) in [5.41, 5.74) is 1.88. The van der Waals surface area contributed by atoms with Gasteiger partial charge in [-0.15, -0.1) is 0 Å². The van der Waals surface area contributed by atoms with Gasteiger partial charge in [-0.1, -0.05) is 24.3 Å². The normalized spacial score (nSPS) is 10.9. The molecule has 0 saturated carbocycles. The Morgan fingerprint density at radius 1 is 1.06 bits per heavy atom. The van der Waals surface area contributed by atoms with Gasteiger partial charge in [0.15, 0.2) is 0 Å². The van der Waals surface area contributed by atoms with Gasteiger partial charge in [0.2, 0.25) is 0 Å². The fraction of sp³-hybridized carbons (Fsp3) is 0.348. The molecule has 0 aliphatic rings. The molecule has 0 unspecified atom stereocenters. The summed E-state index contributed by atoms with van der Waals surface area (Å²) in [5.74, 6) is -2.33. The first-order valence-electron chi connectivity index (χ1n) is 10.2. The molecule has 3 amide bonds. The quantitative estimate of drug-likeness (QED) is 0.506. The van der Waals surface area contributed by atoms with Crippen molar-refractivity contribution in [2.24, 2.45) is 0 Å². The molecule has 0 bridgehead atoms. The van der Waals surface area contributed by atoms with Crippen LogP contribution in [0, 0.1) is 11.6 Å². The minimum atomic E-state index is -0.878. The van der Waals surface area contributed by atoms with Gasteiger partial charge < -0.3 is 14.8 Å². The highest BCUT2D eigenvalue weighted by Gasteiger charge is 2.21. The minimum absolute atomic E-state index is 0.141. The summed E-state index contributed by atoms with van der Waals surface area (Å²) >= 11 is 0. The molecule has 2 N–H and O–H groups in total. The Balaban J connectivity index is 2.12. The molecule has 2 rings (SSSR count). The smallest absolute Gasteiger partial charge is 0.426 e. The number of nitrogens with zero attached hydrogens (tertiary/aromatic N) is 1. The van der Waals surface area contributed by atoms with Crippen molar-refractivity contribution in [2.75, 3.05) is 13.7 Å². The number of hydrazine groups is 1. The van der Waals surface area contributed by atoms with Crippen LogP contribution >= 0.6 is 0 Å². The van der Waals surface area contributed by atoms with Crippen LogP contribution in [0.3, 0.4) is 0 Å². The van der Waals surface area contributed by atoms with Gasteiger partial charge in [0.05, 0.1) is 7.11 Å². The Bertz CT molecular complexity index is 1040. The van der Waals surface area contributed by atoms with Crippen LogP contribution in [0.2, 0.25) is 0 Å². The molecular weight excluding hydrogens is 436 g/mol. The summed E-state index contributed by atoms with van der Waals surface area (Å²) in [7, 11) is 1.13. The first-order valence-corrected chi connectivity index (χ1v) is 10.2. The lowest BCUT2D eigenvalue weighted by Crippen LogP contribution is -2.51. The largest absolute Gasteiger partial charge is 0.465 e. The Hall–Kier alpha value is -3.69. The fourth-order valence-electron chi connectivity index (χ4n) is 2.88. The average Bonchev–Trinajstić information content (AvgIpc) is 2.74. The second-order valence-electron chi connectivity index (χ2n) is 7.98. The van der Waals surface area contributed by atoms with Crippen LogP contribution in [0.1, 0.15) is 43.6 Å². The maximum absolute atomic E-state index is 14.7. The molecule has 0 aliphatic carbocycles. The maximum Gasteiger partial charge on any atom is 0.426 e. The summed E-state index contributed by atoms with van der Waals surface area (Å²) < 4.78 is 38.6. The molecule has 0 aromatic heterocycles. The number of hydrogen-bond donors (Lipinski definition) is 2. The van der Waals surface area contributed by atoms with Crippen molar-refractivity contribution in [3.8, 4) is 11.1 Å². The predicted molar refractivity (Wildman–Crippen MR) is 117 cm³/mol. The third kappa shape index (κ3) is 6.90. The van der Waals surface area contributed by atoms with E-state index in [4.69, 9.17) is 4.74 Å². The number of benzene rings is 2. The number of esters is 1. The van der Waals surface area contributed by atoms with Crippen LogP contribution in [0.25, 0.3) is 11.1 Å². The van der Waals surface area contributed by atoms with Crippen molar-refractivity contribution < 1.29 is 32.6 Å². The van der Waals surface area contributed by atoms with E-state index in [1.807, 2.05) is 0 Å². The molecule has 178 valence electrons. The third-order valence-electron chi connectivity index (χ3n) is 4.38. The maximum atomic E-state index is 14.7. The van der Waals surface area contributed by atoms with E-state index < -0.39 is 35.3 Å². The zero-order valence-corrected chi connectivity index (χ0v) is 19.1. The minimum Gasteiger partial charge on any atom is -0.465 e. The summed E-state index contributed by atoms with van der Waals surface area (Å²) in [4.78, 5) is 36.2. The van der Waals surface area contributed by atoms with E-state index in [1.165, 1.54) is 24.3 Å². The number of urea groups is 1. The van der Waals surface area contributed by atoms with Crippen LogP contribution in [0.5, 0.6) is 0 Å². The number of carbonyl (C=O) groups excluding carboxylic acids is 3. The number of carbonyl (C=O) groups is 3.